The molecule has 1 amide bonds. The van der Waals surface area contributed by atoms with Gasteiger partial charge in [-0.1, -0.05) is 12.1 Å². The van der Waals surface area contributed by atoms with Crippen LogP contribution in [0.25, 0.3) is 0 Å². The number of amides is 1. The Hall–Kier alpha value is -3.13. The summed E-state index contributed by atoms with van der Waals surface area (Å²) in [5.41, 5.74) is 1.06. The summed E-state index contributed by atoms with van der Waals surface area (Å²) in [5.74, 6) is -2.95. The predicted octanol–water partition coefficient (Wildman–Crippen LogP) is 2.67. The lowest BCUT2D eigenvalue weighted by molar-refractivity contribution is -0.110. The molecular weight excluding hydrogens is 345 g/mol. The van der Waals surface area contributed by atoms with Gasteiger partial charge in [0.05, 0.1) is 0 Å². The molecule has 0 spiro atoms. The van der Waals surface area contributed by atoms with E-state index in [1.807, 2.05) is 0 Å². The molecule has 3 N–H and O–H groups in total. The number of carbonyl (C=O) groups is 1. The Kier molecular flexibility index (Phi) is 5.33. The van der Waals surface area contributed by atoms with Gasteiger partial charge in [-0.05, 0) is 29.8 Å². The first-order valence-corrected chi connectivity index (χ1v) is 7.76. The van der Waals surface area contributed by atoms with E-state index in [0.717, 1.165) is 17.7 Å². The molecule has 2 aromatic carbocycles. The quantitative estimate of drug-likeness (QED) is 0.768. The molecule has 0 bridgehead atoms. The second kappa shape index (κ2) is 7.83. The summed E-state index contributed by atoms with van der Waals surface area (Å²) in [6, 6.07) is 9.01. The van der Waals surface area contributed by atoms with E-state index in [-0.39, 0.29) is 17.2 Å². The Bertz CT molecular complexity index is 865. The maximum atomic E-state index is 13.3. The highest BCUT2D eigenvalue weighted by Crippen LogP contribution is 2.13. The van der Waals surface area contributed by atoms with Crippen LogP contribution in [0.2, 0.25) is 0 Å². The van der Waals surface area contributed by atoms with E-state index in [2.05, 4.69) is 20.9 Å². The molecule has 0 fully saturated rings. The summed E-state index contributed by atoms with van der Waals surface area (Å²) in [5, 5.41) is 8.51. The lowest BCUT2D eigenvalue weighted by Gasteiger charge is -2.23. The standard InChI is InChI=1S/C18H15F3N4O/c19-12-3-1-11(2-4-12)10-24-17-16(22-7-8-23-17)18(26)25-13-5-6-14(20)15(21)9-13/h1-9,17,23-24H,10H2,(H,25,26). The van der Waals surface area contributed by atoms with Gasteiger partial charge in [-0.2, -0.15) is 0 Å². The lowest BCUT2D eigenvalue weighted by Crippen LogP contribution is -2.51. The molecule has 0 saturated carbocycles. The molecule has 8 heteroatoms. The summed E-state index contributed by atoms with van der Waals surface area (Å²) < 4.78 is 39.2. The van der Waals surface area contributed by atoms with Crippen LogP contribution in [-0.4, -0.2) is 17.8 Å². The molecule has 1 atom stereocenters. The molecule has 1 aliphatic heterocycles. The van der Waals surface area contributed by atoms with E-state index in [9.17, 15) is 18.0 Å². The van der Waals surface area contributed by atoms with Crippen LogP contribution in [0.3, 0.4) is 0 Å². The molecule has 1 heterocycles. The van der Waals surface area contributed by atoms with Gasteiger partial charge in [-0.25, -0.2) is 13.2 Å². The Labute approximate surface area is 147 Å². The maximum absolute atomic E-state index is 13.3. The first-order chi connectivity index (χ1) is 12.5. The van der Waals surface area contributed by atoms with Crippen molar-refractivity contribution in [2.75, 3.05) is 5.32 Å². The van der Waals surface area contributed by atoms with E-state index in [1.54, 1.807) is 18.3 Å². The number of anilines is 1. The monoisotopic (exact) mass is 360 g/mol. The number of hydrogen-bond acceptors (Lipinski definition) is 4. The van der Waals surface area contributed by atoms with Crippen molar-refractivity contribution < 1.29 is 18.0 Å². The first kappa shape index (κ1) is 17.7. The zero-order valence-electron chi connectivity index (χ0n) is 13.5. The average molecular weight is 360 g/mol. The van der Waals surface area contributed by atoms with Crippen LogP contribution >= 0.6 is 0 Å². The van der Waals surface area contributed by atoms with Gasteiger partial charge in [0, 0.05) is 30.7 Å². The molecule has 1 unspecified atom stereocenters. The zero-order valence-corrected chi connectivity index (χ0v) is 13.5. The van der Waals surface area contributed by atoms with Crippen LogP contribution in [0.15, 0.2) is 59.9 Å². The van der Waals surface area contributed by atoms with Gasteiger partial charge in [-0.15, -0.1) is 0 Å². The summed E-state index contributed by atoms with van der Waals surface area (Å²) in [4.78, 5) is 16.5. The van der Waals surface area contributed by atoms with Crippen molar-refractivity contribution in [1.82, 2.24) is 10.6 Å². The van der Waals surface area contributed by atoms with Crippen LogP contribution < -0.4 is 16.0 Å². The van der Waals surface area contributed by atoms with Crippen molar-refractivity contribution >= 4 is 17.3 Å². The molecule has 0 aliphatic carbocycles. The number of nitrogens with zero attached hydrogens (tertiary/aromatic N) is 1. The Morgan fingerprint density at radius 1 is 1.08 bits per heavy atom. The molecule has 0 aromatic heterocycles. The molecule has 0 radical (unpaired) electrons. The highest BCUT2D eigenvalue weighted by molar-refractivity contribution is 6.45. The molecule has 3 rings (SSSR count). The van der Waals surface area contributed by atoms with Gasteiger partial charge in [-0.3, -0.25) is 15.1 Å². The van der Waals surface area contributed by atoms with Crippen molar-refractivity contribution in [1.29, 1.82) is 0 Å². The van der Waals surface area contributed by atoms with E-state index in [4.69, 9.17) is 0 Å². The molecule has 0 saturated heterocycles. The Morgan fingerprint density at radius 2 is 1.85 bits per heavy atom. The smallest absolute Gasteiger partial charge is 0.273 e. The molecule has 2 aromatic rings. The van der Waals surface area contributed by atoms with Crippen molar-refractivity contribution in [3.05, 3.63) is 77.9 Å². The highest BCUT2D eigenvalue weighted by Gasteiger charge is 2.23. The third kappa shape index (κ3) is 4.28. The number of aliphatic imine (C=N–C) groups is 1. The van der Waals surface area contributed by atoms with Crippen molar-refractivity contribution in [3.63, 3.8) is 0 Å². The zero-order chi connectivity index (χ0) is 18.5. The van der Waals surface area contributed by atoms with Gasteiger partial charge in [0.1, 0.15) is 17.7 Å². The van der Waals surface area contributed by atoms with Gasteiger partial charge >= 0.3 is 0 Å². The van der Waals surface area contributed by atoms with Crippen molar-refractivity contribution in [2.24, 2.45) is 4.99 Å². The number of rotatable bonds is 5. The van der Waals surface area contributed by atoms with Crippen LogP contribution in [-0.2, 0) is 11.3 Å². The molecular formula is C18H15F3N4O. The third-order valence-electron chi connectivity index (χ3n) is 3.66. The third-order valence-corrected chi connectivity index (χ3v) is 3.66. The Morgan fingerprint density at radius 3 is 2.58 bits per heavy atom. The fraction of sp³-hybridized carbons (Fsp3) is 0.111. The fourth-order valence-electron chi connectivity index (χ4n) is 2.35. The topological polar surface area (TPSA) is 65.5 Å². The minimum Gasteiger partial charge on any atom is -0.369 e. The molecule has 26 heavy (non-hydrogen) atoms. The SMILES string of the molecule is O=C(Nc1ccc(F)c(F)c1)C1=NC=CNC1NCc1ccc(F)cc1. The predicted molar refractivity (Wildman–Crippen MR) is 91.7 cm³/mol. The minimum atomic E-state index is -1.06. The van der Waals surface area contributed by atoms with Crippen LogP contribution in [0.1, 0.15) is 5.56 Å². The van der Waals surface area contributed by atoms with Crippen LogP contribution in [0, 0.1) is 17.5 Å². The summed E-state index contributed by atoms with van der Waals surface area (Å²) in [7, 11) is 0. The number of benzene rings is 2. The van der Waals surface area contributed by atoms with E-state index >= 15 is 0 Å². The normalized spacial score (nSPS) is 16.0. The Balaban J connectivity index is 1.66. The van der Waals surface area contributed by atoms with E-state index < -0.39 is 23.7 Å². The first-order valence-electron chi connectivity index (χ1n) is 7.76. The molecule has 134 valence electrons. The van der Waals surface area contributed by atoms with Crippen molar-refractivity contribution in [2.45, 2.75) is 12.7 Å². The summed E-state index contributed by atoms with van der Waals surface area (Å²) in [6.45, 7) is 0.364. The second-order valence-electron chi connectivity index (χ2n) is 5.52. The highest BCUT2D eigenvalue weighted by atomic mass is 19.2. The van der Waals surface area contributed by atoms with Crippen LogP contribution in [0.5, 0.6) is 0 Å². The van der Waals surface area contributed by atoms with Crippen LogP contribution in [0.4, 0.5) is 18.9 Å². The number of halogens is 3. The molecule has 1 aliphatic rings. The van der Waals surface area contributed by atoms with E-state index in [1.165, 1.54) is 24.4 Å². The largest absolute Gasteiger partial charge is 0.369 e. The van der Waals surface area contributed by atoms with Gasteiger partial charge in [0.2, 0.25) is 0 Å². The minimum absolute atomic E-state index is 0.114. The summed E-state index contributed by atoms with van der Waals surface area (Å²) in [6.07, 6.45) is 2.38. The van der Waals surface area contributed by atoms with E-state index in [0.29, 0.717) is 6.54 Å². The van der Waals surface area contributed by atoms with Gasteiger partial charge < -0.3 is 10.6 Å². The fourth-order valence-corrected chi connectivity index (χ4v) is 2.35. The second-order valence-corrected chi connectivity index (χ2v) is 5.52. The van der Waals surface area contributed by atoms with Gasteiger partial charge in [0.25, 0.3) is 5.91 Å². The summed E-state index contributed by atoms with van der Waals surface area (Å²) >= 11 is 0. The number of nitrogens with one attached hydrogen (secondary N) is 3. The average Bonchev–Trinajstić information content (AvgIpc) is 2.64. The number of hydrogen-bond donors (Lipinski definition) is 3. The molecule has 5 nitrogen and oxygen atoms in total. The van der Waals surface area contributed by atoms with Crippen molar-refractivity contribution in [3.8, 4) is 0 Å². The van der Waals surface area contributed by atoms with Gasteiger partial charge in [0.15, 0.2) is 11.6 Å². The maximum Gasteiger partial charge on any atom is 0.273 e. The number of carbonyl (C=O) groups excluding carboxylic acids is 1. The lowest BCUT2D eigenvalue weighted by atomic mass is 10.2.